The van der Waals surface area contributed by atoms with Gasteiger partial charge in [0.2, 0.25) is 0 Å². The zero-order valence-electron chi connectivity index (χ0n) is 9.05. The van der Waals surface area contributed by atoms with Crippen molar-refractivity contribution in [3.05, 3.63) is 16.3 Å². The molecule has 0 bridgehead atoms. The van der Waals surface area contributed by atoms with E-state index in [1.54, 1.807) is 11.3 Å². The van der Waals surface area contributed by atoms with Crippen LogP contribution in [0.2, 0.25) is 0 Å². The highest BCUT2D eigenvalue weighted by Crippen LogP contribution is 2.31. The molecule has 1 aliphatic rings. The summed E-state index contributed by atoms with van der Waals surface area (Å²) in [6.07, 6.45) is 5.70. The van der Waals surface area contributed by atoms with Crippen molar-refractivity contribution in [1.29, 1.82) is 0 Å². The molecule has 1 atom stereocenters. The van der Waals surface area contributed by atoms with Crippen LogP contribution >= 0.6 is 11.3 Å². The van der Waals surface area contributed by atoms with Gasteiger partial charge in [-0.15, -0.1) is 11.3 Å². The van der Waals surface area contributed by atoms with Crippen LogP contribution in [-0.4, -0.2) is 6.04 Å². The van der Waals surface area contributed by atoms with Crippen LogP contribution in [0.4, 0.5) is 5.69 Å². The molecule has 0 aliphatic heterocycles. The molecule has 1 aromatic heterocycles. The maximum atomic E-state index is 3.60. The lowest BCUT2D eigenvalue weighted by Crippen LogP contribution is -2.23. The van der Waals surface area contributed by atoms with E-state index in [4.69, 9.17) is 0 Å². The second-order valence-electron chi connectivity index (χ2n) is 4.55. The Morgan fingerprint density at radius 1 is 1.50 bits per heavy atom. The molecule has 78 valence electrons. The van der Waals surface area contributed by atoms with E-state index >= 15 is 0 Å². The highest BCUT2D eigenvalue weighted by Gasteiger charge is 2.19. The maximum absolute atomic E-state index is 3.60. The van der Waals surface area contributed by atoms with Gasteiger partial charge in [0.05, 0.1) is 0 Å². The molecule has 0 saturated heterocycles. The fraction of sp³-hybridized carbons (Fsp3) is 0.667. The Hall–Kier alpha value is -0.500. The van der Waals surface area contributed by atoms with Crippen LogP contribution in [0, 0.1) is 12.8 Å². The lowest BCUT2D eigenvalue weighted by molar-refractivity contribution is 0.286. The van der Waals surface area contributed by atoms with E-state index in [0.29, 0.717) is 6.04 Å². The summed E-state index contributed by atoms with van der Waals surface area (Å²) >= 11 is 1.78. The smallest absolute Gasteiger partial charge is 0.0480 e. The zero-order valence-corrected chi connectivity index (χ0v) is 9.86. The SMILES string of the molecule is Cc1cscc1NC(C)CC1CCC1. The van der Waals surface area contributed by atoms with Crippen molar-refractivity contribution < 1.29 is 0 Å². The molecule has 0 radical (unpaired) electrons. The lowest BCUT2D eigenvalue weighted by Gasteiger charge is -2.28. The van der Waals surface area contributed by atoms with Crippen LogP contribution in [-0.2, 0) is 0 Å². The fourth-order valence-corrected chi connectivity index (χ4v) is 2.85. The van der Waals surface area contributed by atoms with Crippen molar-refractivity contribution in [3.8, 4) is 0 Å². The van der Waals surface area contributed by atoms with Crippen LogP contribution in [0.5, 0.6) is 0 Å². The first-order valence-electron chi connectivity index (χ1n) is 5.55. The van der Waals surface area contributed by atoms with E-state index in [-0.39, 0.29) is 0 Å². The molecular weight excluding hydrogens is 190 g/mol. The molecular formula is C12H19NS. The number of hydrogen-bond acceptors (Lipinski definition) is 2. The molecule has 2 heteroatoms. The van der Waals surface area contributed by atoms with E-state index < -0.39 is 0 Å². The van der Waals surface area contributed by atoms with Gasteiger partial charge >= 0.3 is 0 Å². The van der Waals surface area contributed by atoms with Gasteiger partial charge in [-0.1, -0.05) is 19.3 Å². The van der Waals surface area contributed by atoms with Gasteiger partial charge in [-0.2, -0.15) is 0 Å². The first kappa shape index (κ1) is 10.0. The van der Waals surface area contributed by atoms with Gasteiger partial charge in [0.1, 0.15) is 0 Å². The quantitative estimate of drug-likeness (QED) is 0.789. The maximum Gasteiger partial charge on any atom is 0.0480 e. The van der Waals surface area contributed by atoms with Crippen molar-refractivity contribution in [2.75, 3.05) is 5.32 Å². The summed E-state index contributed by atoms with van der Waals surface area (Å²) in [4.78, 5) is 0. The number of aryl methyl sites for hydroxylation is 1. The second kappa shape index (κ2) is 4.35. The average molecular weight is 209 g/mol. The Kier molecular flexibility index (Phi) is 3.12. The summed E-state index contributed by atoms with van der Waals surface area (Å²) in [6, 6.07) is 0.633. The topological polar surface area (TPSA) is 12.0 Å². The molecule has 1 aromatic rings. The third kappa shape index (κ3) is 2.30. The van der Waals surface area contributed by atoms with Crippen LogP contribution < -0.4 is 5.32 Å². The zero-order chi connectivity index (χ0) is 9.97. The first-order valence-corrected chi connectivity index (χ1v) is 6.49. The third-order valence-corrected chi connectivity index (χ3v) is 4.03. The molecule has 1 aliphatic carbocycles. The Balaban J connectivity index is 1.81. The summed E-state index contributed by atoms with van der Waals surface area (Å²) < 4.78 is 0. The van der Waals surface area contributed by atoms with Gasteiger partial charge in [0, 0.05) is 17.1 Å². The molecule has 1 nitrogen and oxygen atoms in total. The Labute approximate surface area is 90.5 Å². The molecule has 0 amide bonds. The van der Waals surface area contributed by atoms with Crippen LogP contribution in [0.1, 0.15) is 38.2 Å². The second-order valence-corrected chi connectivity index (χ2v) is 5.29. The highest BCUT2D eigenvalue weighted by molar-refractivity contribution is 7.08. The summed E-state index contributed by atoms with van der Waals surface area (Å²) in [5.74, 6) is 0.997. The Morgan fingerprint density at radius 3 is 2.79 bits per heavy atom. The van der Waals surface area contributed by atoms with E-state index in [1.165, 1.54) is 36.9 Å². The van der Waals surface area contributed by atoms with E-state index in [9.17, 15) is 0 Å². The van der Waals surface area contributed by atoms with Gasteiger partial charge in [-0.3, -0.25) is 0 Å². The van der Waals surface area contributed by atoms with Crippen molar-refractivity contribution in [2.45, 2.75) is 45.6 Å². The predicted molar refractivity (Wildman–Crippen MR) is 64.1 cm³/mol. The first-order chi connectivity index (χ1) is 6.75. The molecule has 1 N–H and O–H groups in total. The highest BCUT2D eigenvalue weighted by atomic mass is 32.1. The molecule has 1 heterocycles. The number of nitrogens with one attached hydrogen (secondary N) is 1. The fourth-order valence-electron chi connectivity index (χ4n) is 2.06. The van der Waals surface area contributed by atoms with Gasteiger partial charge in [-0.05, 0) is 37.1 Å². The van der Waals surface area contributed by atoms with E-state index in [2.05, 4.69) is 29.9 Å². The molecule has 0 spiro atoms. The summed E-state index contributed by atoms with van der Waals surface area (Å²) in [7, 11) is 0. The van der Waals surface area contributed by atoms with Crippen molar-refractivity contribution in [1.82, 2.24) is 0 Å². The number of hydrogen-bond donors (Lipinski definition) is 1. The summed E-state index contributed by atoms with van der Waals surface area (Å²) in [6.45, 7) is 4.48. The van der Waals surface area contributed by atoms with Gasteiger partial charge in [0.25, 0.3) is 0 Å². The Morgan fingerprint density at radius 2 is 2.29 bits per heavy atom. The number of thiophene rings is 1. The third-order valence-electron chi connectivity index (χ3n) is 3.17. The van der Waals surface area contributed by atoms with Gasteiger partial charge in [-0.25, -0.2) is 0 Å². The summed E-state index contributed by atoms with van der Waals surface area (Å²) in [5.41, 5.74) is 2.72. The largest absolute Gasteiger partial charge is 0.382 e. The van der Waals surface area contributed by atoms with Gasteiger partial charge in [0.15, 0.2) is 0 Å². The minimum absolute atomic E-state index is 0.633. The van der Waals surface area contributed by atoms with Crippen molar-refractivity contribution in [3.63, 3.8) is 0 Å². The lowest BCUT2D eigenvalue weighted by atomic mass is 9.81. The van der Waals surface area contributed by atoms with Gasteiger partial charge < -0.3 is 5.32 Å². The minimum atomic E-state index is 0.633. The predicted octanol–water partition coefficient (Wildman–Crippen LogP) is 4.05. The number of anilines is 1. The van der Waals surface area contributed by atoms with Crippen molar-refractivity contribution >= 4 is 17.0 Å². The molecule has 2 rings (SSSR count). The normalized spacial score (nSPS) is 19.0. The van der Waals surface area contributed by atoms with Crippen LogP contribution in [0.3, 0.4) is 0 Å². The van der Waals surface area contributed by atoms with E-state index in [0.717, 1.165) is 5.92 Å². The van der Waals surface area contributed by atoms with Crippen molar-refractivity contribution in [2.24, 2.45) is 5.92 Å². The van der Waals surface area contributed by atoms with Crippen LogP contribution in [0.25, 0.3) is 0 Å². The molecule has 14 heavy (non-hydrogen) atoms. The van der Waals surface area contributed by atoms with Crippen LogP contribution in [0.15, 0.2) is 10.8 Å². The minimum Gasteiger partial charge on any atom is -0.382 e. The average Bonchev–Trinajstić information content (AvgIpc) is 2.45. The van der Waals surface area contributed by atoms with E-state index in [1.807, 2.05) is 0 Å². The standard InChI is InChI=1S/C12H19NS/c1-9-7-14-8-12(9)13-10(2)6-11-4-3-5-11/h7-8,10-11,13H,3-6H2,1-2H3. The Bertz CT molecular complexity index is 288. The monoisotopic (exact) mass is 209 g/mol. The molecule has 1 fully saturated rings. The number of rotatable bonds is 4. The molecule has 1 unspecified atom stereocenters. The molecule has 1 saturated carbocycles. The summed E-state index contributed by atoms with van der Waals surface area (Å²) in [5, 5.41) is 8.02. The molecule has 0 aromatic carbocycles.